The Hall–Kier alpha value is -1.09. The highest BCUT2D eigenvalue weighted by Gasteiger charge is 2.10. The second-order valence-electron chi connectivity index (χ2n) is 4.84. The summed E-state index contributed by atoms with van der Waals surface area (Å²) >= 11 is 0. The minimum absolute atomic E-state index is 0.487. The van der Waals surface area contributed by atoms with Gasteiger partial charge in [0.1, 0.15) is 0 Å². The van der Waals surface area contributed by atoms with E-state index < -0.39 is 0 Å². The molecular formula is C15H26N2O. The fourth-order valence-corrected chi connectivity index (χ4v) is 2.03. The van der Waals surface area contributed by atoms with Crippen molar-refractivity contribution in [2.45, 2.75) is 53.0 Å². The lowest BCUT2D eigenvalue weighted by Crippen LogP contribution is -2.14. The van der Waals surface area contributed by atoms with Gasteiger partial charge in [-0.15, -0.1) is 0 Å². The van der Waals surface area contributed by atoms with E-state index in [4.69, 9.17) is 10.5 Å². The normalized spacial score (nSPS) is 12.4. The molecule has 0 amide bonds. The van der Waals surface area contributed by atoms with Crippen LogP contribution in [0.2, 0.25) is 0 Å². The topological polar surface area (TPSA) is 48.1 Å². The van der Waals surface area contributed by atoms with E-state index in [1.165, 1.54) is 19.3 Å². The number of ether oxygens (including phenoxy) is 1. The predicted molar refractivity (Wildman–Crippen MR) is 75.7 cm³/mol. The number of aryl methyl sites for hydroxylation is 1. The maximum atomic E-state index is 5.87. The molecule has 0 aromatic carbocycles. The van der Waals surface area contributed by atoms with Crippen LogP contribution in [-0.2, 0) is 6.54 Å². The van der Waals surface area contributed by atoms with E-state index in [2.05, 4.69) is 18.8 Å². The summed E-state index contributed by atoms with van der Waals surface area (Å²) in [5, 5.41) is 0. The van der Waals surface area contributed by atoms with Gasteiger partial charge in [0.2, 0.25) is 5.88 Å². The Morgan fingerprint density at radius 1 is 1.39 bits per heavy atom. The largest absolute Gasteiger partial charge is 0.477 e. The number of rotatable bonds is 8. The van der Waals surface area contributed by atoms with Gasteiger partial charge in [-0.2, -0.15) is 0 Å². The van der Waals surface area contributed by atoms with Crippen LogP contribution < -0.4 is 10.5 Å². The Bertz CT molecular complexity index is 352. The first-order valence-corrected chi connectivity index (χ1v) is 7.00. The van der Waals surface area contributed by atoms with Gasteiger partial charge < -0.3 is 10.5 Å². The summed E-state index contributed by atoms with van der Waals surface area (Å²) in [5.74, 6) is 1.34. The number of nitrogens with two attached hydrogens (primary N) is 1. The lowest BCUT2D eigenvalue weighted by molar-refractivity contribution is 0.224. The molecule has 3 heteroatoms. The van der Waals surface area contributed by atoms with Crippen LogP contribution in [-0.4, -0.2) is 11.6 Å². The van der Waals surface area contributed by atoms with Gasteiger partial charge >= 0.3 is 0 Å². The zero-order chi connectivity index (χ0) is 13.4. The van der Waals surface area contributed by atoms with E-state index >= 15 is 0 Å². The monoisotopic (exact) mass is 250 g/mol. The third kappa shape index (κ3) is 4.30. The highest BCUT2D eigenvalue weighted by Crippen LogP contribution is 2.20. The van der Waals surface area contributed by atoms with E-state index in [1.54, 1.807) is 6.20 Å². The fraction of sp³-hybridized carbons (Fsp3) is 0.667. The van der Waals surface area contributed by atoms with Crippen molar-refractivity contribution in [2.75, 3.05) is 6.61 Å². The molecule has 0 saturated heterocycles. The molecule has 0 aliphatic heterocycles. The van der Waals surface area contributed by atoms with Gasteiger partial charge in [0.25, 0.3) is 0 Å². The van der Waals surface area contributed by atoms with E-state index in [0.717, 1.165) is 24.2 Å². The Morgan fingerprint density at radius 2 is 2.17 bits per heavy atom. The van der Waals surface area contributed by atoms with Crippen LogP contribution in [0, 0.1) is 12.8 Å². The molecule has 102 valence electrons. The summed E-state index contributed by atoms with van der Waals surface area (Å²) in [6.45, 7) is 7.73. The number of pyridine rings is 1. The van der Waals surface area contributed by atoms with Gasteiger partial charge in [-0.25, -0.2) is 4.98 Å². The lowest BCUT2D eigenvalue weighted by Gasteiger charge is -2.17. The highest BCUT2D eigenvalue weighted by atomic mass is 16.5. The quantitative estimate of drug-likeness (QED) is 0.768. The molecule has 1 rings (SSSR count). The van der Waals surface area contributed by atoms with Crippen molar-refractivity contribution in [3.05, 3.63) is 23.4 Å². The summed E-state index contributed by atoms with van der Waals surface area (Å²) in [6, 6.07) is 1.98. The Kier molecular flexibility index (Phi) is 6.73. The van der Waals surface area contributed by atoms with Crippen molar-refractivity contribution in [1.29, 1.82) is 0 Å². The molecule has 0 bridgehead atoms. The number of aromatic nitrogens is 1. The smallest absolute Gasteiger partial charge is 0.218 e. The molecule has 0 spiro atoms. The van der Waals surface area contributed by atoms with Gasteiger partial charge in [-0.3, -0.25) is 0 Å². The molecule has 1 aromatic heterocycles. The van der Waals surface area contributed by atoms with E-state index in [9.17, 15) is 0 Å². The van der Waals surface area contributed by atoms with Crippen LogP contribution in [0.4, 0.5) is 0 Å². The van der Waals surface area contributed by atoms with Crippen LogP contribution in [0.15, 0.2) is 12.3 Å². The van der Waals surface area contributed by atoms with Crippen molar-refractivity contribution < 1.29 is 4.74 Å². The molecule has 0 aliphatic rings. The summed E-state index contributed by atoms with van der Waals surface area (Å²) in [4.78, 5) is 4.29. The lowest BCUT2D eigenvalue weighted by atomic mass is 10.0. The number of nitrogens with zero attached hydrogens (tertiary/aromatic N) is 1. The molecule has 0 radical (unpaired) electrons. The SMILES string of the molecule is CCCCC(CC)COc1nccc(C)c1CN. The van der Waals surface area contributed by atoms with Gasteiger partial charge in [-0.1, -0.05) is 33.1 Å². The van der Waals surface area contributed by atoms with Crippen LogP contribution in [0.25, 0.3) is 0 Å². The third-order valence-electron chi connectivity index (χ3n) is 3.45. The summed E-state index contributed by atoms with van der Waals surface area (Å²) in [5.41, 5.74) is 7.94. The number of hydrogen-bond acceptors (Lipinski definition) is 3. The first-order chi connectivity index (χ1) is 8.72. The van der Waals surface area contributed by atoms with Gasteiger partial charge in [0.15, 0.2) is 0 Å². The Labute approximate surface area is 111 Å². The van der Waals surface area contributed by atoms with E-state index in [1.807, 2.05) is 13.0 Å². The van der Waals surface area contributed by atoms with Crippen molar-refractivity contribution in [2.24, 2.45) is 11.7 Å². The molecule has 1 heterocycles. The molecule has 1 aromatic rings. The Balaban J connectivity index is 2.59. The molecule has 18 heavy (non-hydrogen) atoms. The first-order valence-electron chi connectivity index (χ1n) is 7.00. The van der Waals surface area contributed by atoms with Crippen molar-refractivity contribution in [3.63, 3.8) is 0 Å². The zero-order valence-electron chi connectivity index (χ0n) is 11.9. The standard InChI is InChI=1S/C15H26N2O/c1-4-6-7-13(5-2)11-18-15-14(10-16)12(3)8-9-17-15/h8-9,13H,4-7,10-11,16H2,1-3H3. The third-order valence-corrected chi connectivity index (χ3v) is 3.45. The molecule has 1 unspecified atom stereocenters. The summed E-state index contributed by atoms with van der Waals surface area (Å²) in [7, 11) is 0. The molecule has 3 nitrogen and oxygen atoms in total. The number of hydrogen-bond donors (Lipinski definition) is 1. The molecular weight excluding hydrogens is 224 g/mol. The second kappa shape index (κ2) is 8.09. The number of unbranched alkanes of at least 4 members (excludes halogenated alkanes) is 1. The fourth-order valence-electron chi connectivity index (χ4n) is 2.03. The van der Waals surface area contributed by atoms with E-state index in [-0.39, 0.29) is 0 Å². The molecule has 0 aliphatic carbocycles. The van der Waals surface area contributed by atoms with Crippen molar-refractivity contribution in [1.82, 2.24) is 4.98 Å². The molecule has 1 atom stereocenters. The van der Waals surface area contributed by atoms with Crippen molar-refractivity contribution >= 4 is 0 Å². The predicted octanol–water partition coefficient (Wildman–Crippen LogP) is 3.44. The average molecular weight is 250 g/mol. The first kappa shape index (κ1) is 15.0. The van der Waals surface area contributed by atoms with Crippen LogP contribution in [0.5, 0.6) is 5.88 Å². The van der Waals surface area contributed by atoms with Gasteiger partial charge in [-0.05, 0) is 30.9 Å². The molecule has 0 fully saturated rings. The van der Waals surface area contributed by atoms with E-state index in [0.29, 0.717) is 18.3 Å². The van der Waals surface area contributed by atoms with Crippen LogP contribution in [0.1, 0.15) is 50.7 Å². The maximum absolute atomic E-state index is 5.87. The highest BCUT2D eigenvalue weighted by molar-refractivity contribution is 5.33. The summed E-state index contributed by atoms with van der Waals surface area (Å²) in [6.07, 6.45) is 6.69. The summed E-state index contributed by atoms with van der Waals surface area (Å²) < 4.78 is 5.87. The van der Waals surface area contributed by atoms with Gasteiger partial charge in [0, 0.05) is 18.3 Å². The minimum atomic E-state index is 0.487. The van der Waals surface area contributed by atoms with Crippen LogP contribution >= 0.6 is 0 Å². The minimum Gasteiger partial charge on any atom is -0.477 e. The van der Waals surface area contributed by atoms with Gasteiger partial charge in [0.05, 0.1) is 6.61 Å². The average Bonchev–Trinajstić information content (AvgIpc) is 2.39. The van der Waals surface area contributed by atoms with Crippen LogP contribution in [0.3, 0.4) is 0 Å². The van der Waals surface area contributed by atoms with Crippen molar-refractivity contribution in [3.8, 4) is 5.88 Å². The maximum Gasteiger partial charge on any atom is 0.218 e. The Morgan fingerprint density at radius 3 is 2.78 bits per heavy atom. The zero-order valence-corrected chi connectivity index (χ0v) is 11.9. The molecule has 0 saturated carbocycles. The molecule has 2 N–H and O–H groups in total. The second-order valence-corrected chi connectivity index (χ2v) is 4.84.